The van der Waals surface area contributed by atoms with Crippen LogP contribution in [0.25, 0.3) is 11.3 Å². The summed E-state index contributed by atoms with van der Waals surface area (Å²) in [7, 11) is 1.82. The van der Waals surface area contributed by atoms with Gasteiger partial charge in [-0.25, -0.2) is 0 Å². The Bertz CT molecular complexity index is 709. The molecule has 1 aromatic carbocycles. The molecule has 1 aromatic heterocycles. The molecule has 0 spiro atoms. The molecule has 0 unspecified atom stereocenters. The monoisotopic (exact) mass is 364 g/mol. The zero-order valence-electron chi connectivity index (χ0n) is 14.1. The Balaban J connectivity index is 1.78. The first-order chi connectivity index (χ1) is 12.2. The van der Waals surface area contributed by atoms with Gasteiger partial charge in [0, 0.05) is 37.9 Å². The van der Waals surface area contributed by atoms with E-state index in [1.54, 1.807) is 16.9 Å². The molecular weight excluding hydrogens is 344 g/mol. The molecule has 8 heteroatoms. The minimum Gasteiger partial charge on any atom is -0.492 e. The van der Waals surface area contributed by atoms with E-state index in [2.05, 4.69) is 15.3 Å². The molecule has 0 radical (unpaired) electrons. The van der Waals surface area contributed by atoms with Gasteiger partial charge in [0.25, 0.3) is 0 Å². The van der Waals surface area contributed by atoms with Crippen molar-refractivity contribution in [1.82, 2.24) is 14.7 Å². The van der Waals surface area contributed by atoms with E-state index in [-0.39, 0.29) is 0 Å². The summed E-state index contributed by atoms with van der Waals surface area (Å²) < 4.78 is 13.1. The van der Waals surface area contributed by atoms with Crippen LogP contribution in [0.3, 0.4) is 0 Å². The minimum atomic E-state index is 0.531. The number of carbonyl (C=O) groups excluding carboxylic acids is 1. The van der Waals surface area contributed by atoms with E-state index < -0.39 is 0 Å². The van der Waals surface area contributed by atoms with Crippen LogP contribution in [-0.4, -0.2) is 60.5 Å². The summed E-state index contributed by atoms with van der Waals surface area (Å²) in [4.78, 5) is 13.0. The zero-order chi connectivity index (χ0) is 17.6. The number of halogens is 1. The fraction of sp³-hybridized carbons (Fsp3) is 0.412. The number of amides is 1. The van der Waals surface area contributed by atoms with Crippen LogP contribution in [-0.2, 0) is 16.6 Å². The Hall–Kier alpha value is -2.09. The Labute approximate surface area is 151 Å². The van der Waals surface area contributed by atoms with E-state index in [9.17, 15) is 4.79 Å². The standard InChI is InChI=1S/C17H21ClN4O3/c1-21-17(15(18)11-20-21)14-10-13(19-12-23)2-3-16(14)25-9-6-22-4-7-24-8-5-22/h2-3,10-12H,4-9H2,1H3,(H,19,23). The SMILES string of the molecule is Cn1ncc(Cl)c1-c1cc(NC=O)ccc1OCCN1CCOCC1. The lowest BCUT2D eigenvalue weighted by molar-refractivity contribution is -0.105. The molecule has 0 atom stereocenters. The maximum absolute atomic E-state index is 10.7. The number of hydrogen-bond donors (Lipinski definition) is 1. The lowest BCUT2D eigenvalue weighted by Crippen LogP contribution is -2.38. The van der Waals surface area contributed by atoms with Gasteiger partial charge in [-0.05, 0) is 18.2 Å². The highest BCUT2D eigenvalue weighted by Gasteiger charge is 2.16. The number of carbonyl (C=O) groups is 1. The van der Waals surface area contributed by atoms with E-state index in [0.717, 1.165) is 44.1 Å². The van der Waals surface area contributed by atoms with Crippen molar-refractivity contribution >= 4 is 23.7 Å². The number of rotatable bonds is 7. The number of aryl methyl sites for hydroxylation is 1. The maximum Gasteiger partial charge on any atom is 0.211 e. The first-order valence-electron chi connectivity index (χ1n) is 8.14. The van der Waals surface area contributed by atoms with E-state index in [1.807, 2.05) is 19.2 Å². The molecule has 1 N–H and O–H groups in total. The number of benzene rings is 1. The third-order valence-corrected chi connectivity index (χ3v) is 4.40. The first-order valence-corrected chi connectivity index (χ1v) is 8.52. The van der Waals surface area contributed by atoms with Crippen LogP contribution >= 0.6 is 11.6 Å². The van der Waals surface area contributed by atoms with Crippen LogP contribution in [0.4, 0.5) is 5.69 Å². The van der Waals surface area contributed by atoms with Crippen LogP contribution in [0.2, 0.25) is 5.02 Å². The molecule has 1 aliphatic rings. The number of morpholine rings is 1. The van der Waals surface area contributed by atoms with Crippen molar-refractivity contribution in [2.75, 3.05) is 44.8 Å². The lowest BCUT2D eigenvalue weighted by atomic mass is 10.1. The normalized spacial score (nSPS) is 15.1. The van der Waals surface area contributed by atoms with E-state index in [0.29, 0.717) is 29.5 Å². The van der Waals surface area contributed by atoms with Crippen molar-refractivity contribution < 1.29 is 14.3 Å². The van der Waals surface area contributed by atoms with Gasteiger partial charge in [-0.1, -0.05) is 11.6 Å². The molecule has 25 heavy (non-hydrogen) atoms. The number of hydrogen-bond acceptors (Lipinski definition) is 5. The Kier molecular flexibility index (Phi) is 5.91. The van der Waals surface area contributed by atoms with Crippen molar-refractivity contribution in [1.29, 1.82) is 0 Å². The lowest BCUT2D eigenvalue weighted by Gasteiger charge is -2.26. The van der Waals surface area contributed by atoms with Crippen molar-refractivity contribution in [2.45, 2.75) is 0 Å². The summed E-state index contributed by atoms with van der Waals surface area (Å²) in [5.41, 5.74) is 2.21. The van der Waals surface area contributed by atoms with E-state index in [1.165, 1.54) is 0 Å². The second-order valence-electron chi connectivity index (χ2n) is 5.74. The van der Waals surface area contributed by atoms with Gasteiger partial charge in [0.15, 0.2) is 0 Å². The summed E-state index contributed by atoms with van der Waals surface area (Å²) in [6.45, 7) is 4.76. The summed E-state index contributed by atoms with van der Waals surface area (Å²) in [6, 6.07) is 5.47. The van der Waals surface area contributed by atoms with Crippen LogP contribution in [0, 0.1) is 0 Å². The van der Waals surface area contributed by atoms with Crippen molar-refractivity contribution in [3.63, 3.8) is 0 Å². The highest BCUT2D eigenvalue weighted by atomic mass is 35.5. The predicted octanol–water partition coefficient (Wildman–Crippen LogP) is 2.02. The molecule has 1 fully saturated rings. The quantitative estimate of drug-likeness (QED) is 0.761. The smallest absolute Gasteiger partial charge is 0.211 e. The number of nitrogens with one attached hydrogen (secondary N) is 1. The number of aromatic nitrogens is 2. The van der Waals surface area contributed by atoms with Gasteiger partial charge in [0.2, 0.25) is 6.41 Å². The number of ether oxygens (including phenoxy) is 2. The molecule has 2 heterocycles. The summed E-state index contributed by atoms with van der Waals surface area (Å²) >= 11 is 6.29. The fourth-order valence-electron chi connectivity index (χ4n) is 2.82. The van der Waals surface area contributed by atoms with Crippen LogP contribution < -0.4 is 10.1 Å². The number of anilines is 1. The van der Waals surface area contributed by atoms with Crippen LogP contribution in [0.15, 0.2) is 24.4 Å². The van der Waals surface area contributed by atoms with Gasteiger partial charge >= 0.3 is 0 Å². The van der Waals surface area contributed by atoms with Crippen LogP contribution in [0.5, 0.6) is 5.75 Å². The van der Waals surface area contributed by atoms with Gasteiger partial charge in [-0.3, -0.25) is 14.4 Å². The summed E-state index contributed by atoms with van der Waals surface area (Å²) in [6.07, 6.45) is 2.23. The molecule has 1 saturated heterocycles. The summed E-state index contributed by atoms with van der Waals surface area (Å²) in [5.74, 6) is 0.704. The Morgan fingerprint density at radius 2 is 2.20 bits per heavy atom. The van der Waals surface area contributed by atoms with Gasteiger partial charge in [0.1, 0.15) is 12.4 Å². The second kappa shape index (κ2) is 8.33. The third-order valence-electron chi connectivity index (χ3n) is 4.12. The molecule has 134 valence electrons. The van der Waals surface area contributed by atoms with Crippen molar-refractivity contribution in [2.24, 2.45) is 7.05 Å². The molecule has 1 aliphatic heterocycles. The molecular formula is C17H21ClN4O3. The largest absolute Gasteiger partial charge is 0.492 e. The van der Waals surface area contributed by atoms with E-state index >= 15 is 0 Å². The second-order valence-corrected chi connectivity index (χ2v) is 6.15. The van der Waals surface area contributed by atoms with Crippen molar-refractivity contribution in [3.05, 3.63) is 29.4 Å². The molecule has 1 amide bonds. The Morgan fingerprint density at radius 1 is 1.40 bits per heavy atom. The Morgan fingerprint density at radius 3 is 2.88 bits per heavy atom. The average Bonchev–Trinajstić information content (AvgIpc) is 2.96. The average molecular weight is 365 g/mol. The van der Waals surface area contributed by atoms with Gasteiger partial charge in [-0.15, -0.1) is 0 Å². The molecule has 0 aliphatic carbocycles. The molecule has 7 nitrogen and oxygen atoms in total. The summed E-state index contributed by atoms with van der Waals surface area (Å²) in [5, 5.41) is 7.36. The predicted molar refractivity (Wildman–Crippen MR) is 96.1 cm³/mol. The van der Waals surface area contributed by atoms with Gasteiger partial charge in [0.05, 0.1) is 30.1 Å². The molecule has 0 bridgehead atoms. The number of nitrogens with zero attached hydrogens (tertiary/aromatic N) is 3. The zero-order valence-corrected chi connectivity index (χ0v) is 14.8. The van der Waals surface area contributed by atoms with Gasteiger partial charge < -0.3 is 14.8 Å². The maximum atomic E-state index is 10.7. The van der Waals surface area contributed by atoms with Crippen molar-refractivity contribution in [3.8, 4) is 17.0 Å². The highest BCUT2D eigenvalue weighted by Crippen LogP contribution is 2.36. The molecule has 3 rings (SSSR count). The highest BCUT2D eigenvalue weighted by molar-refractivity contribution is 6.33. The molecule has 0 saturated carbocycles. The van der Waals surface area contributed by atoms with Crippen LogP contribution in [0.1, 0.15) is 0 Å². The van der Waals surface area contributed by atoms with Gasteiger partial charge in [-0.2, -0.15) is 5.10 Å². The topological polar surface area (TPSA) is 68.6 Å². The van der Waals surface area contributed by atoms with E-state index in [4.69, 9.17) is 21.1 Å². The third kappa shape index (κ3) is 4.31. The fourth-order valence-corrected chi connectivity index (χ4v) is 3.09. The molecule has 2 aromatic rings. The first kappa shape index (κ1) is 17.7. The minimum absolute atomic E-state index is 0.531.